The molecule has 0 unspecified atom stereocenters. The lowest BCUT2D eigenvalue weighted by Gasteiger charge is -2.25. The summed E-state index contributed by atoms with van der Waals surface area (Å²) in [5.41, 5.74) is 14.2. The summed E-state index contributed by atoms with van der Waals surface area (Å²) in [4.78, 5) is 23.7. The van der Waals surface area contributed by atoms with Crippen molar-refractivity contribution in [2.24, 2.45) is 11.8 Å². The lowest BCUT2D eigenvalue weighted by molar-refractivity contribution is -0.141. The Bertz CT molecular complexity index is 1580. The first-order valence-electron chi connectivity index (χ1n) is 15.5. The summed E-state index contributed by atoms with van der Waals surface area (Å²) in [7, 11) is 0. The van der Waals surface area contributed by atoms with Gasteiger partial charge in [-0.3, -0.25) is 0 Å². The Kier molecular flexibility index (Phi) is 11.5. The smallest absolute Gasteiger partial charge is 0.333 e. The zero-order valence-electron chi connectivity index (χ0n) is 28.4. The van der Waals surface area contributed by atoms with Gasteiger partial charge in [-0.2, -0.15) is 0 Å². The standard InChI is InChI=1S/C40H48O4/c1-23(2)39(41)43-21-34-15-13-33(14-16-34)17-18-35-25(5)27(7)36(28(8)26(35)6)19-20-37-29(9)31(11)38(32(12)30(37)10)22-44-40(42)24(3)4/h33-34H,1,3,13-16,21-22H2,2,4-12H3. The fourth-order valence-electron chi connectivity index (χ4n) is 5.83. The van der Waals surface area contributed by atoms with E-state index in [2.05, 4.69) is 92.2 Å². The number of rotatable bonds is 6. The van der Waals surface area contributed by atoms with Gasteiger partial charge in [0.1, 0.15) is 6.61 Å². The van der Waals surface area contributed by atoms with Crippen molar-refractivity contribution in [3.63, 3.8) is 0 Å². The van der Waals surface area contributed by atoms with Gasteiger partial charge in [0, 0.05) is 33.8 Å². The molecular weight excluding hydrogens is 544 g/mol. The summed E-state index contributed by atoms with van der Waals surface area (Å²) in [6, 6.07) is 0. The van der Waals surface area contributed by atoms with Crippen molar-refractivity contribution in [1.29, 1.82) is 0 Å². The van der Waals surface area contributed by atoms with E-state index in [4.69, 9.17) is 9.47 Å². The molecule has 0 aromatic heterocycles. The normalized spacial score (nSPS) is 15.8. The highest BCUT2D eigenvalue weighted by atomic mass is 16.5. The van der Waals surface area contributed by atoms with Crippen LogP contribution >= 0.6 is 0 Å². The van der Waals surface area contributed by atoms with Crippen molar-refractivity contribution < 1.29 is 19.1 Å². The van der Waals surface area contributed by atoms with Crippen LogP contribution in [-0.2, 0) is 25.7 Å². The second-order valence-corrected chi connectivity index (χ2v) is 12.6. The molecule has 44 heavy (non-hydrogen) atoms. The largest absolute Gasteiger partial charge is 0.462 e. The molecule has 0 radical (unpaired) electrons. The van der Waals surface area contributed by atoms with Gasteiger partial charge in [-0.05, 0) is 151 Å². The van der Waals surface area contributed by atoms with Crippen molar-refractivity contribution >= 4 is 11.9 Å². The molecule has 2 aromatic carbocycles. The van der Waals surface area contributed by atoms with Gasteiger partial charge in [0.05, 0.1) is 6.61 Å². The molecule has 0 bridgehead atoms. The Morgan fingerprint density at radius 2 is 1.00 bits per heavy atom. The van der Waals surface area contributed by atoms with Gasteiger partial charge in [-0.1, -0.05) is 36.8 Å². The van der Waals surface area contributed by atoms with Gasteiger partial charge >= 0.3 is 11.9 Å². The monoisotopic (exact) mass is 592 g/mol. The zero-order chi connectivity index (χ0) is 32.9. The van der Waals surface area contributed by atoms with Crippen LogP contribution in [0.1, 0.15) is 106 Å². The molecule has 0 atom stereocenters. The number of carbonyl (C=O) groups is 2. The second-order valence-electron chi connectivity index (χ2n) is 12.6. The maximum Gasteiger partial charge on any atom is 0.333 e. The van der Waals surface area contributed by atoms with Gasteiger partial charge in [-0.15, -0.1) is 0 Å². The van der Waals surface area contributed by atoms with Crippen molar-refractivity contribution in [2.45, 2.75) is 102 Å². The van der Waals surface area contributed by atoms with E-state index in [1.54, 1.807) is 13.8 Å². The lowest BCUT2D eigenvalue weighted by Crippen LogP contribution is -2.20. The maximum absolute atomic E-state index is 12.0. The van der Waals surface area contributed by atoms with Crippen LogP contribution in [0, 0.1) is 90.9 Å². The average molecular weight is 593 g/mol. The lowest BCUT2D eigenvalue weighted by atomic mass is 9.82. The number of hydrogen-bond donors (Lipinski definition) is 0. The van der Waals surface area contributed by atoms with Gasteiger partial charge in [0.15, 0.2) is 0 Å². The van der Waals surface area contributed by atoms with Crippen molar-refractivity contribution in [2.75, 3.05) is 6.61 Å². The molecule has 3 rings (SSSR count). The van der Waals surface area contributed by atoms with Crippen LogP contribution in [-0.4, -0.2) is 18.5 Å². The number of hydrogen-bond acceptors (Lipinski definition) is 4. The molecule has 1 fully saturated rings. The fourth-order valence-corrected chi connectivity index (χ4v) is 5.83. The number of ether oxygens (including phenoxy) is 2. The molecule has 0 N–H and O–H groups in total. The number of benzene rings is 2. The predicted molar refractivity (Wildman–Crippen MR) is 179 cm³/mol. The molecule has 1 saturated carbocycles. The Morgan fingerprint density at radius 1 is 0.614 bits per heavy atom. The number of carbonyl (C=O) groups excluding carboxylic acids is 2. The van der Waals surface area contributed by atoms with Crippen LogP contribution in [0.2, 0.25) is 0 Å². The van der Waals surface area contributed by atoms with E-state index in [9.17, 15) is 9.59 Å². The SMILES string of the molecule is C=C(C)C(=O)OCc1c(C)c(C)c(C#Cc2c(C)c(C)c(C#CC3CCC(COC(=O)C(=C)C)CC3)c(C)c2C)c(C)c1C. The molecule has 1 aliphatic carbocycles. The summed E-state index contributed by atoms with van der Waals surface area (Å²) in [5, 5.41) is 0. The molecule has 0 spiro atoms. The summed E-state index contributed by atoms with van der Waals surface area (Å²) in [5.74, 6) is 14.2. The van der Waals surface area contributed by atoms with Crippen LogP contribution in [0.4, 0.5) is 0 Å². The molecule has 0 saturated heterocycles. The van der Waals surface area contributed by atoms with E-state index in [0.29, 0.717) is 29.6 Å². The van der Waals surface area contributed by atoms with E-state index >= 15 is 0 Å². The predicted octanol–water partition coefficient (Wildman–Crippen LogP) is 8.45. The average Bonchev–Trinajstić information content (AvgIpc) is 2.99. The molecule has 2 aromatic rings. The highest BCUT2D eigenvalue weighted by Crippen LogP contribution is 2.31. The fraction of sp³-hybridized carbons (Fsp3) is 0.450. The van der Waals surface area contributed by atoms with E-state index in [1.807, 2.05) is 0 Å². The minimum Gasteiger partial charge on any atom is -0.462 e. The molecule has 232 valence electrons. The van der Waals surface area contributed by atoms with Crippen molar-refractivity contribution in [1.82, 2.24) is 0 Å². The van der Waals surface area contributed by atoms with Crippen LogP contribution in [0.25, 0.3) is 0 Å². The molecule has 0 amide bonds. The zero-order valence-corrected chi connectivity index (χ0v) is 28.4. The summed E-state index contributed by atoms with van der Waals surface area (Å²) in [6.07, 6.45) is 4.08. The Morgan fingerprint density at radius 3 is 1.43 bits per heavy atom. The molecular formula is C40H48O4. The van der Waals surface area contributed by atoms with Gasteiger partial charge in [0.25, 0.3) is 0 Å². The highest BCUT2D eigenvalue weighted by Gasteiger charge is 2.22. The molecule has 1 aliphatic rings. The second kappa shape index (κ2) is 14.6. The first-order chi connectivity index (χ1) is 20.6. The quantitative estimate of drug-likeness (QED) is 0.192. The molecule has 4 heteroatoms. The van der Waals surface area contributed by atoms with Crippen LogP contribution in [0.5, 0.6) is 0 Å². The number of esters is 2. The van der Waals surface area contributed by atoms with E-state index in [-0.39, 0.29) is 18.5 Å². The Hall–Kier alpha value is -4.02. The topological polar surface area (TPSA) is 52.6 Å². The van der Waals surface area contributed by atoms with Gasteiger partial charge in [0.2, 0.25) is 0 Å². The third kappa shape index (κ3) is 7.73. The van der Waals surface area contributed by atoms with Crippen LogP contribution in [0.15, 0.2) is 24.3 Å². The first kappa shape index (κ1) is 34.5. The van der Waals surface area contributed by atoms with Crippen LogP contribution in [0.3, 0.4) is 0 Å². The third-order valence-electron chi connectivity index (χ3n) is 9.46. The van der Waals surface area contributed by atoms with E-state index in [1.165, 1.54) is 22.3 Å². The van der Waals surface area contributed by atoms with Gasteiger partial charge < -0.3 is 9.47 Å². The minimum absolute atomic E-state index is 0.226. The van der Waals surface area contributed by atoms with Gasteiger partial charge in [-0.25, -0.2) is 9.59 Å². The first-order valence-corrected chi connectivity index (χ1v) is 15.5. The summed E-state index contributed by atoms with van der Waals surface area (Å²) >= 11 is 0. The van der Waals surface area contributed by atoms with Crippen molar-refractivity contribution in [3.05, 3.63) is 91.1 Å². The Balaban J connectivity index is 1.84. The molecule has 0 aliphatic heterocycles. The summed E-state index contributed by atoms with van der Waals surface area (Å²) in [6.45, 7) is 28.3. The molecule has 4 nitrogen and oxygen atoms in total. The Labute approximate surface area is 265 Å². The molecule has 0 heterocycles. The van der Waals surface area contributed by atoms with E-state index < -0.39 is 0 Å². The highest BCUT2D eigenvalue weighted by molar-refractivity contribution is 5.87. The third-order valence-corrected chi connectivity index (χ3v) is 9.46. The maximum atomic E-state index is 12.0. The van der Waals surface area contributed by atoms with Crippen molar-refractivity contribution in [3.8, 4) is 23.7 Å². The summed E-state index contributed by atoms with van der Waals surface area (Å²) < 4.78 is 10.9. The van der Waals surface area contributed by atoms with E-state index in [0.717, 1.165) is 70.2 Å². The minimum atomic E-state index is -0.376. The van der Waals surface area contributed by atoms with Crippen LogP contribution < -0.4 is 0 Å².